The van der Waals surface area contributed by atoms with Gasteiger partial charge in [0.15, 0.2) is 0 Å². The highest BCUT2D eigenvalue weighted by atomic mass is 32.1. The summed E-state index contributed by atoms with van der Waals surface area (Å²) in [5.41, 5.74) is 0.907. The summed E-state index contributed by atoms with van der Waals surface area (Å²) < 4.78 is 12.6. The fourth-order valence-corrected chi connectivity index (χ4v) is 3.22. The van der Waals surface area contributed by atoms with Gasteiger partial charge >= 0.3 is 0 Å². The van der Waals surface area contributed by atoms with E-state index in [4.69, 9.17) is 9.47 Å². The van der Waals surface area contributed by atoms with E-state index in [1.807, 2.05) is 30.3 Å². The zero-order valence-electron chi connectivity index (χ0n) is 12.6. The lowest BCUT2D eigenvalue weighted by Crippen LogP contribution is -2.43. The molecule has 118 valence electrons. The molecule has 5 nitrogen and oxygen atoms in total. The fraction of sp³-hybridized carbons (Fsp3) is 0.294. The molecule has 0 bridgehead atoms. The molecule has 1 aromatic carbocycles. The van der Waals surface area contributed by atoms with Gasteiger partial charge in [0.25, 0.3) is 5.19 Å². The summed E-state index contributed by atoms with van der Waals surface area (Å²) in [6, 6.07) is 10.2. The van der Waals surface area contributed by atoms with Crippen LogP contribution in [0.3, 0.4) is 0 Å². The first kappa shape index (κ1) is 14.4. The maximum Gasteiger partial charge on any atom is 0.279 e. The first-order valence-corrected chi connectivity index (χ1v) is 8.53. The first-order valence-electron chi connectivity index (χ1n) is 7.71. The number of benzene rings is 1. The quantitative estimate of drug-likeness (QED) is 0.749. The van der Waals surface area contributed by atoms with Crippen LogP contribution in [0.1, 0.15) is 12.8 Å². The Balaban J connectivity index is 1.35. The minimum Gasteiger partial charge on any atom is -0.494 e. The molecule has 1 atom stereocenters. The zero-order valence-corrected chi connectivity index (χ0v) is 13.4. The molecule has 1 N–H and O–H groups in total. The minimum atomic E-state index is 0.623. The Labute approximate surface area is 138 Å². The normalized spacial score (nSPS) is 17.0. The van der Waals surface area contributed by atoms with E-state index in [2.05, 4.69) is 15.3 Å². The third kappa shape index (κ3) is 3.43. The van der Waals surface area contributed by atoms with Crippen molar-refractivity contribution in [2.45, 2.75) is 18.9 Å². The summed E-state index contributed by atoms with van der Waals surface area (Å²) in [7, 11) is 0. The molecule has 4 rings (SSSR count). The average Bonchev–Trinajstić information content (AvgIpc) is 2.93. The highest BCUT2D eigenvalue weighted by Crippen LogP contribution is 2.31. The second kappa shape index (κ2) is 6.52. The Morgan fingerprint density at radius 2 is 2.00 bits per heavy atom. The monoisotopic (exact) mass is 327 g/mol. The lowest BCUT2D eigenvalue weighted by molar-refractivity contribution is 0.252. The predicted molar refractivity (Wildman–Crippen MR) is 90.5 cm³/mol. The smallest absolute Gasteiger partial charge is 0.279 e. The van der Waals surface area contributed by atoms with Crippen LogP contribution in [0.2, 0.25) is 0 Å². The topological polar surface area (TPSA) is 56.3 Å². The molecular weight excluding hydrogens is 310 g/mol. The number of nitrogens with zero attached hydrogens (tertiary/aromatic N) is 2. The highest BCUT2D eigenvalue weighted by Gasteiger charge is 2.15. The number of fused-ring (bicyclic) bond motifs is 1. The summed E-state index contributed by atoms with van der Waals surface area (Å²) in [6.45, 7) is 1.88. The van der Waals surface area contributed by atoms with Gasteiger partial charge in [-0.25, -0.2) is 4.98 Å². The first-order chi connectivity index (χ1) is 11.4. The maximum absolute atomic E-state index is 5.80. The molecule has 1 aliphatic rings. The number of thiazole rings is 1. The number of hydrogen-bond acceptors (Lipinski definition) is 6. The van der Waals surface area contributed by atoms with Crippen molar-refractivity contribution in [3.63, 3.8) is 0 Å². The summed E-state index contributed by atoms with van der Waals surface area (Å²) >= 11 is 1.49. The molecule has 3 heterocycles. The molecule has 1 saturated heterocycles. The molecule has 1 aliphatic heterocycles. The number of rotatable bonds is 6. The van der Waals surface area contributed by atoms with Crippen molar-refractivity contribution in [3.8, 4) is 16.7 Å². The molecule has 3 aromatic rings. The van der Waals surface area contributed by atoms with Gasteiger partial charge in [-0.2, -0.15) is 0 Å². The van der Waals surface area contributed by atoms with Crippen molar-refractivity contribution in [2.75, 3.05) is 13.2 Å². The van der Waals surface area contributed by atoms with Crippen LogP contribution in [-0.2, 0) is 0 Å². The van der Waals surface area contributed by atoms with E-state index < -0.39 is 0 Å². The second-order valence-electron chi connectivity index (χ2n) is 5.47. The Morgan fingerprint density at radius 1 is 1.17 bits per heavy atom. The molecule has 0 aliphatic carbocycles. The van der Waals surface area contributed by atoms with Gasteiger partial charge in [0.1, 0.15) is 11.5 Å². The molecule has 1 fully saturated rings. The molecule has 23 heavy (non-hydrogen) atoms. The fourth-order valence-electron chi connectivity index (χ4n) is 2.42. The Bertz CT molecular complexity index is 751. The van der Waals surface area contributed by atoms with E-state index in [0.29, 0.717) is 11.2 Å². The molecule has 1 unspecified atom stereocenters. The van der Waals surface area contributed by atoms with E-state index in [1.165, 1.54) is 17.8 Å². The Kier molecular flexibility index (Phi) is 4.08. The van der Waals surface area contributed by atoms with Crippen LogP contribution < -0.4 is 14.8 Å². The van der Waals surface area contributed by atoms with Crippen LogP contribution in [0, 0.1) is 0 Å². The van der Waals surface area contributed by atoms with Gasteiger partial charge < -0.3 is 14.8 Å². The van der Waals surface area contributed by atoms with Crippen molar-refractivity contribution < 1.29 is 9.47 Å². The van der Waals surface area contributed by atoms with Gasteiger partial charge in [-0.1, -0.05) is 11.3 Å². The number of hydrogen-bond donors (Lipinski definition) is 1. The van der Waals surface area contributed by atoms with Crippen LogP contribution in [0.5, 0.6) is 16.7 Å². The number of pyridine rings is 1. The largest absolute Gasteiger partial charge is 0.494 e. The Hall–Kier alpha value is -2.18. The van der Waals surface area contributed by atoms with Crippen LogP contribution in [-0.4, -0.2) is 29.2 Å². The number of aromatic nitrogens is 2. The lowest BCUT2D eigenvalue weighted by atomic mass is 10.0. The van der Waals surface area contributed by atoms with Crippen LogP contribution in [0.15, 0.2) is 42.7 Å². The molecule has 0 spiro atoms. The van der Waals surface area contributed by atoms with Crippen molar-refractivity contribution in [1.82, 2.24) is 15.3 Å². The summed E-state index contributed by atoms with van der Waals surface area (Å²) in [5.74, 6) is 1.62. The second-order valence-corrected chi connectivity index (χ2v) is 6.47. The van der Waals surface area contributed by atoms with Crippen LogP contribution in [0.4, 0.5) is 0 Å². The average molecular weight is 327 g/mol. The van der Waals surface area contributed by atoms with Gasteiger partial charge in [-0.05, 0) is 49.7 Å². The van der Waals surface area contributed by atoms with Gasteiger partial charge in [0.2, 0.25) is 0 Å². The zero-order chi connectivity index (χ0) is 15.5. The van der Waals surface area contributed by atoms with Crippen LogP contribution in [0.25, 0.3) is 10.2 Å². The Morgan fingerprint density at radius 3 is 2.74 bits per heavy atom. The van der Waals surface area contributed by atoms with E-state index in [1.54, 1.807) is 12.4 Å². The van der Waals surface area contributed by atoms with Crippen molar-refractivity contribution in [1.29, 1.82) is 0 Å². The molecule has 6 heteroatoms. The minimum absolute atomic E-state index is 0.623. The molecule has 0 radical (unpaired) electrons. The van der Waals surface area contributed by atoms with Crippen molar-refractivity contribution in [2.24, 2.45) is 0 Å². The van der Waals surface area contributed by atoms with E-state index in [0.717, 1.165) is 41.3 Å². The number of nitrogens with one attached hydrogen (secondary N) is 1. The van der Waals surface area contributed by atoms with Crippen molar-refractivity contribution in [3.05, 3.63) is 42.7 Å². The third-order valence-corrected chi connectivity index (χ3v) is 4.75. The number of ether oxygens (including phenoxy) is 2. The molecular formula is C17H17N3O2S. The summed E-state index contributed by atoms with van der Waals surface area (Å²) in [5, 5.41) is 3.99. The standard InChI is InChI=1S/C17H17N3O2S/c1-3-14(4-2-13(1)21-10-7-12-5-9-19-12)22-17-20-15-6-8-18-11-16(15)23-17/h1-4,6,8,11-12,19H,5,7,9-10H2. The van der Waals surface area contributed by atoms with E-state index >= 15 is 0 Å². The van der Waals surface area contributed by atoms with Gasteiger partial charge in [0, 0.05) is 18.4 Å². The molecule has 0 saturated carbocycles. The SMILES string of the molecule is c1cc2nc(Oc3ccc(OCCC4CCN4)cc3)sc2cn1. The third-order valence-electron chi connectivity index (χ3n) is 3.86. The van der Waals surface area contributed by atoms with Gasteiger partial charge in [0.05, 0.1) is 16.8 Å². The van der Waals surface area contributed by atoms with E-state index in [-0.39, 0.29) is 0 Å². The molecule has 2 aromatic heterocycles. The van der Waals surface area contributed by atoms with E-state index in [9.17, 15) is 0 Å². The van der Waals surface area contributed by atoms with Gasteiger partial charge in [-0.15, -0.1) is 0 Å². The summed E-state index contributed by atoms with van der Waals surface area (Å²) in [4.78, 5) is 8.52. The van der Waals surface area contributed by atoms with Gasteiger partial charge in [-0.3, -0.25) is 4.98 Å². The lowest BCUT2D eigenvalue weighted by Gasteiger charge is -2.27. The summed E-state index contributed by atoms with van der Waals surface area (Å²) in [6.07, 6.45) is 5.84. The van der Waals surface area contributed by atoms with Crippen molar-refractivity contribution >= 4 is 21.6 Å². The molecule has 0 amide bonds. The predicted octanol–water partition coefficient (Wildman–Crippen LogP) is 3.61. The van der Waals surface area contributed by atoms with Crippen LogP contribution >= 0.6 is 11.3 Å². The highest BCUT2D eigenvalue weighted by molar-refractivity contribution is 7.20. The maximum atomic E-state index is 5.80.